The SMILES string of the molecule is Cc1noc(CN2CCC(N3CCCC3C(=O)O)CC2)n1. The Labute approximate surface area is 123 Å². The largest absolute Gasteiger partial charge is 0.480 e. The average molecular weight is 294 g/mol. The van der Waals surface area contributed by atoms with Crippen LogP contribution in [0.5, 0.6) is 0 Å². The van der Waals surface area contributed by atoms with Crippen molar-refractivity contribution >= 4 is 5.97 Å². The summed E-state index contributed by atoms with van der Waals surface area (Å²) in [6.45, 7) is 5.34. The molecule has 2 fully saturated rings. The number of aryl methyl sites for hydroxylation is 1. The Kier molecular flexibility index (Phi) is 4.21. The standard InChI is InChI=1S/C14H22N4O3/c1-10-15-13(21-16-10)9-17-7-4-11(5-8-17)18-6-2-3-12(18)14(19)20/h11-12H,2-9H2,1H3,(H,19,20). The summed E-state index contributed by atoms with van der Waals surface area (Å²) < 4.78 is 5.15. The second kappa shape index (κ2) is 6.11. The molecule has 0 aliphatic carbocycles. The monoisotopic (exact) mass is 294 g/mol. The van der Waals surface area contributed by atoms with E-state index in [1.807, 2.05) is 6.92 Å². The molecule has 1 aromatic heterocycles. The molecule has 0 spiro atoms. The zero-order valence-electron chi connectivity index (χ0n) is 12.4. The van der Waals surface area contributed by atoms with Crippen LogP contribution in [0, 0.1) is 6.92 Å². The molecule has 0 amide bonds. The predicted molar refractivity (Wildman–Crippen MR) is 74.7 cm³/mol. The normalized spacial score (nSPS) is 25.5. The fraction of sp³-hybridized carbons (Fsp3) is 0.786. The Balaban J connectivity index is 1.52. The third-order valence-electron chi connectivity index (χ3n) is 4.53. The van der Waals surface area contributed by atoms with Crippen LogP contribution in [0.3, 0.4) is 0 Å². The Bertz CT molecular complexity index is 496. The van der Waals surface area contributed by atoms with Crippen molar-refractivity contribution in [2.75, 3.05) is 19.6 Å². The molecule has 2 aliphatic rings. The van der Waals surface area contributed by atoms with Gasteiger partial charge in [-0.25, -0.2) is 0 Å². The van der Waals surface area contributed by atoms with Gasteiger partial charge in [-0.15, -0.1) is 0 Å². The number of hydrogen-bond acceptors (Lipinski definition) is 6. The molecule has 1 N–H and O–H groups in total. The van der Waals surface area contributed by atoms with Crippen molar-refractivity contribution in [2.24, 2.45) is 0 Å². The number of piperidine rings is 1. The van der Waals surface area contributed by atoms with E-state index in [0.29, 0.717) is 24.3 Å². The van der Waals surface area contributed by atoms with Gasteiger partial charge in [0.1, 0.15) is 6.04 Å². The highest BCUT2D eigenvalue weighted by Crippen LogP contribution is 2.26. The van der Waals surface area contributed by atoms with Crippen LogP contribution >= 0.6 is 0 Å². The van der Waals surface area contributed by atoms with Gasteiger partial charge in [0.05, 0.1) is 6.54 Å². The maximum absolute atomic E-state index is 11.3. The summed E-state index contributed by atoms with van der Waals surface area (Å²) in [5, 5.41) is 13.1. The average Bonchev–Trinajstić information content (AvgIpc) is 3.09. The summed E-state index contributed by atoms with van der Waals surface area (Å²) in [5.74, 6) is 0.660. The predicted octanol–water partition coefficient (Wildman–Crippen LogP) is 0.891. The van der Waals surface area contributed by atoms with Crippen LogP contribution in [0.1, 0.15) is 37.4 Å². The number of rotatable bonds is 4. The Morgan fingerprint density at radius 2 is 2.10 bits per heavy atom. The third kappa shape index (κ3) is 3.24. The van der Waals surface area contributed by atoms with Crippen molar-refractivity contribution in [1.82, 2.24) is 19.9 Å². The Hall–Kier alpha value is -1.47. The lowest BCUT2D eigenvalue weighted by Crippen LogP contribution is -2.48. The van der Waals surface area contributed by atoms with E-state index in [4.69, 9.17) is 4.52 Å². The number of likely N-dealkylation sites (tertiary alicyclic amines) is 2. The van der Waals surface area contributed by atoms with Gasteiger partial charge in [-0.1, -0.05) is 5.16 Å². The highest BCUT2D eigenvalue weighted by molar-refractivity contribution is 5.73. The first kappa shape index (κ1) is 14.5. The van der Waals surface area contributed by atoms with Gasteiger partial charge in [-0.3, -0.25) is 14.6 Å². The van der Waals surface area contributed by atoms with E-state index in [9.17, 15) is 9.90 Å². The van der Waals surface area contributed by atoms with Gasteiger partial charge >= 0.3 is 5.97 Å². The van der Waals surface area contributed by atoms with Gasteiger partial charge in [-0.2, -0.15) is 4.98 Å². The quantitative estimate of drug-likeness (QED) is 0.883. The minimum absolute atomic E-state index is 0.278. The molecule has 7 nitrogen and oxygen atoms in total. The van der Waals surface area contributed by atoms with Gasteiger partial charge in [0.25, 0.3) is 0 Å². The molecule has 3 heterocycles. The molecular weight excluding hydrogens is 272 g/mol. The summed E-state index contributed by atoms with van der Waals surface area (Å²) in [6.07, 6.45) is 3.81. The molecule has 2 saturated heterocycles. The van der Waals surface area contributed by atoms with Crippen LogP contribution in [-0.4, -0.2) is 62.7 Å². The lowest BCUT2D eigenvalue weighted by atomic mass is 10.0. The molecular formula is C14H22N4O3. The molecule has 0 aromatic carbocycles. The number of nitrogens with zero attached hydrogens (tertiary/aromatic N) is 4. The second-order valence-corrected chi connectivity index (χ2v) is 5.98. The smallest absolute Gasteiger partial charge is 0.320 e. The van der Waals surface area contributed by atoms with Crippen molar-refractivity contribution < 1.29 is 14.4 Å². The zero-order chi connectivity index (χ0) is 14.8. The Morgan fingerprint density at radius 3 is 2.71 bits per heavy atom. The second-order valence-electron chi connectivity index (χ2n) is 5.98. The maximum Gasteiger partial charge on any atom is 0.320 e. The molecule has 2 aliphatic heterocycles. The van der Waals surface area contributed by atoms with E-state index in [0.717, 1.165) is 45.3 Å². The number of carbonyl (C=O) groups is 1. The van der Waals surface area contributed by atoms with Gasteiger partial charge in [-0.05, 0) is 39.2 Å². The minimum atomic E-state index is -0.670. The summed E-state index contributed by atoms with van der Waals surface area (Å²) in [4.78, 5) is 20.0. The van der Waals surface area contributed by atoms with Crippen molar-refractivity contribution in [3.8, 4) is 0 Å². The number of carboxylic acid groups (broad SMARTS) is 1. The summed E-state index contributed by atoms with van der Waals surface area (Å²) >= 11 is 0. The van der Waals surface area contributed by atoms with Gasteiger partial charge in [0.2, 0.25) is 5.89 Å². The highest BCUT2D eigenvalue weighted by atomic mass is 16.5. The van der Waals surface area contributed by atoms with Crippen LogP contribution in [-0.2, 0) is 11.3 Å². The third-order valence-corrected chi connectivity index (χ3v) is 4.53. The van der Waals surface area contributed by atoms with Crippen LogP contribution in [0.25, 0.3) is 0 Å². The summed E-state index contributed by atoms with van der Waals surface area (Å²) in [5.41, 5.74) is 0. The first-order valence-electron chi connectivity index (χ1n) is 7.63. The van der Waals surface area contributed by atoms with Crippen molar-refractivity contribution in [3.05, 3.63) is 11.7 Å². The topological polar surface area (TPSA) is 82.7 Å². The molecule has 7 heteroatoms. The maximum atomic E-state index is 11.3. The lowest BCUT2D eigenvalue weighted by molar-refractivity contribution is -0.143. The van der Waals surface area contributed by atoms with Crippen molar-refractivity contribution in [1.29, 1.82) is 0 Å². The van der Waals surface area contributed by atoms with Crippen LogP contribution < -0.4 is 0 Å². The highest BCUT2D eigenvalue weighted by Gasteiger charge is 2.36. The van der Waals surface area contributed by atoms with Crippen molar-refractivity contribution in [3.63, 3.8) is 0 Å². The first-order chi connectivity index (χ1) is 10.1. The molecule has 1 unspecified atom stereocenters. The van der Waals surface area contributed by atoms with Crippen molar-refractivity contribution in [2.45, 2.75) is 51.2 Å². The number of aliphatic carboxylic acids is 1. The van der Waals surface area contributed by atoms with E-state index in [1.165, 1.54) is 0 Å². The van der Waals surface area contributed by atoms with Gasteiger partial charge in [0.15, 0.2) is 5.82 Å². The van der Waals surface area contributed by atoms with Crippen LogP contribution in [0.4, 0.5) is 0 Å². The van der Waals surface area contributed by atoms with Crippen LogP contribution in [0.15, 0.2) is 4.52 Å². The molecule has 1 aromatic rings. The number of aromatic nitrogens is 2. The molecule has 0 radical (unpaired) electrons. The van der Waals surface area contributed by atoms with E-state index < -0.39 is 5.97 Å². The molecule has 116 valence electrons. The molecule has 21 heavy (non-hydrogen) atoms. The first-order valence-corrected chi connectivity index (χ1v) is 7.63. The van der Waals surface area contributed by atoms with Gasteiger partial charge < -0.3 is 9.63 Å². The molecule has 0 saturated carbocycles. The fourth-order valence-electron chi connectivity index (χ4n) is 3.50. The molecule has 0 bridgehead atoms. The molecule has 1 atom stereocenters. The van der Waals surface area contributed by atoms with E-state index in [-0.39, 0.29) is 6.04 Å². The summed E-state index contributed by atoms with van der Waals surface area (Å²) in [7, 11) is 0. The minimum Gasteiger partial charge on any atom is -0.480 e. The number of hydrogen-bond donors (Lipinski definition) is 1. The Morgan fingerprint density at radius 1 is 1.33 bits per heavy atom. The summed E-state index contributed by atoms with van der Waals surface area (Å²) in [6, 6.07) is 0.120. The zero-order valence-corrected chi connectivity index (χ0v) is 12.4. The van der Waals surface area contributed by atoms with Crippen LogP contribution in [0.2, 0.25) is 0 Å². The fourth-order valence-corrected chi connectivity index (χ4v) is 3.50. The molecule has 3 rings (SSSR count). The van der Waals surface area contributed by atoms with Gasteiger partial charge in [0, 0.05) is 19.1 Å². The van der Waals surface area contributed by atoms with E-state index in [2.05, 4.69) is 19.9 Å². The van der Waals surface area contributed by atoms with E-state index in [1.54, 1.807) is 0 Å². The number of carboxylic acids is 1. The lowest BCUT2D eigenvalue weighted by Gasteiger charge is -2.37. The van der Waals surface area contributed by atoms with E-state index >= 15 is 0 Å².